The zero-order valence-corrected chi connectivity index (χ0v) is 24.9. The second-order valence-electron chi connectivity index (χ2n) is 10.1. The summed E-state index contributed by atoms with van der Waals surface area (Å²) < 4.78 is 10.9. The number of fused-ring (bicyclic) bond motifs is 1. The number of halogens is 2. The SMILES string of the molecule is C=CC(=O)N[C@H]1CCCC[C@H]1Nc1ncc2c(n1)N(Cc1ccccc1)C(=O)N(c1c(Cl)c(OC)cc(OC)c1Cl)C2. The first-order valence-electron chi connectivity index (χ1n) is 13.6. The van der Waals surface area contributed by atoms with Crippen LogP contribution in [-0.2, 0) is 17.9 Å². The molecule has 2 heterocycles. The first-order valence-corrected chi connectivity index (χ1v) is 14.4. The molecule has 1 fully saturated rings. The molecule has 5 rings (SSSR count). The Morgan fingerprint density at radius 3 is 2.40 bits per heavy atom. The number of hydrogen-bond donors (Lipinski definition) is 2. The van der Waals surface area contributed by atoms with Crippen molar-refractivity contribution in [2.24, 2.45) is 0 Å². The van der Waals surface area contributed by atoms with Crippen molar-refractivity contribution in [2.45, 2.75) is 50.9 Å². The van der Waals surface area contributed by atoms with Gasteiger partial charge in [-0.3, -0.25) is 14.6 Å². The van der Waals surface area contributed by atoms with Gasteiger partial charge in [0.05, 0.1) is 33.0 Å². The highest BCUT2D eigenvalue weighted by Crippen LogP contribution is 2.48. The molecule has 3 aromatic rings. The molecular weight excluding hydrogens is 579 g/mol. The van der Waals surface area contributed by atoms with Crippen molar-refractivity contribution in [1.82, 2.24) is 15.3 Å². The summed E-state index contributed by atoms with van der Waals surface area (Å²) in [5.41, 5.74) is 1.88. The third kappa shape index (κ3) is 5.96. The Balaban J connectivity index is 1.53. The molecule has 1 aromatic heterocycles. The van der Waals surface area contributed by atoms with Gasteiger partial charge in [-0.1, -0.05) is 73.0 Å². The number of carbonyl (C=O) groups is 2. The second-order valence-corrected chi connectivity index (χ2v) is 10.9. The van der Waals surface area contributed by atoms with E-state index in [1.54, 1.807) is 17.2 Å². The standard InChI is InChI=1S/C30H32Cl2N6O4/c1-4-24(39)34-20-12-8-9-13-21(20)35-29-33-15-19-17-37(27-25(31)22(41-2)14-23(42-3)26(27)32)30(40)38(28(19)36-29)16-18-10-6-5-7-11-18/h4-7,10-11,14-15,20-21H,1,8-9,12-13,16-17H2,2-3H3,(H,34,39)(H,33,35,36)/t20-,21+/m0/s1. The molecule has 0 spiro atoms. The fourth-order valence-electron chi connectivity index (χ4n) is 5.36. The lowest BCUT2D eigenvalue weighted by Crippen LogP contribution is -2.49. The summed E-state index contributed by atoms with van der Waals surface area (Å²) in [5, 5.41) is 6.78. The maximum absolute atomic E-state index is 14.2. The number of aromatic nitrogens is 2. The highest BCUT2D eigenvalue weighted by atomic mass is 35.5. The number of ether oxygens (including phenoxy) is 2. The molecule has 220 valence electrons. The van der Waals surface area contributed by atoms with Crippen molar-refractivity contribution < 1.29 is 19.1 Å². The summed E-state index contributed by atoms with van der Waals surface area (Å²) in [4.78, 5) is 38.7. The topological polar surface area (TPSA) is 109 Å². The third-order valence-corrected chi connectivity index (χ3v) is 8.22. The van der Waals surface area contributed by atoms with Crippen LogP contribution < -0.4 is 29.9 Å². The first kappa shape index (κ1) is 29.5. The number of nitrogens with zero attached hydrogens (tertiary/aromatic N) is 4. The van der Waals surface area contributed by atoms with E-state index in [4.69, 9.17) is 37.7 Å². The van der Waals surface area contributed by atoms with E-state index >= 15 is 0 Å². The molecule has 0 radical (unpaired) electrons. The van der Waals surface area contributed by atoms with Crippen LogP contribution >= 0.6 is 23.2 Å². The largest absolute Gasteiger partial charge is 0.495 e. The van der Waals surface area contributed by atoms with Crippen LogP contribution in [0.4, 0.5) is 22.2 Å². The van der Waals surface area contributed by atoms with Crippen LogP contribution in [0.3, 0.4) is 0 Å². The van der Waals surface area contributed by atoms with E-state index in [2.05, 4.69) is 22.2 Å². The molecule has 2 aromatic carbocycles. The maximum atomic E-state index is 14.2. The molecule has 1 aliphatic carbocycles. The van der Waals surface area contributed by atoms with E-state index in [1.165, 1.54) is 25.2 Å². The van der Waals surface area contributed by atoms with Gasteiger partial charge in [-0.2, -0.15) is 4.98 Å². The van der Waals surface area contributed by atoms with E-state index in [-0.39, 0.29) is 52.8 Å². The van der Waals surface area contributed by atoms with Crippen LogP contribution in [0.15, 0.2) is 55.3 Å². The number of nitrogens with one attached hydrogen (secondary N) is 2. The lowest BCUT2D eigenvalue weighted by atomic mass is 9.90. The van der Waals surface area contributed by atoms with Gasteiger partial charge in [0.15, 0.2) is 0 Å². The molecule has 2 atom stereocenters. The Morgan fingerprint density at radius 1 is 1.10 bits per heavy atom. The van der Waals surface area contributed by atoms with Crippen molar-refractivity contribution in [2.75, 3.05) is 29.3 Å². The van der Waals surface area contributed by atoms with Gasteiger partial charge in [0.2, 0.25) is 11.9 Å². The lowest BCUT2D eigenvalue weighted by Gasteiger charge is -2.37. The molecule has 1 aliphatic heterocycles. The highest BCUT2D eigenvalue weighted by Gasteiger charge is 2.37. The molecule has 2 N–H and O–H groups in total. The van der Waals surface area contributed by atoms with E-state index in [1.807, 2.05) is 30.3 Å². The number of amides is 3. The molecule has 10 nitrogen and oxygen atoms in total. The Labute approximate surface area is 254 Å². The monoisotopic (exact) mass is 610 g/mol. The summed E-state index contributed by atoms with van der Waals surface area (Å²) in [5.74, 6) is 1.27. The van der Waals surface area contributed by atoms with Crippen molar-refractivity contribution in [1.29, 1.82) is 0 Å². The van der Waals surface area contributed by atoms with Crippen LogP contribution in [-0.4, -0.2) is 48.2 Å². The minimum atomic E-state index is -0.371. The highest BCUT2D eigenvalue weighted by molar-refractivity contribution is 6.42. The molecule has 42 heavy (non-hydrogen) atoms. The third-order valence-electron chi connectivity index (χ3n) is 7.49. The molecule has 0 saturated heterocycles. The second kappa shape index (κ2) is 12.9. The summed E-state index contributed by atoms with van der Waals surface area (Å²) in [6.07, 6.45) is 6.68. The Morgan fingerprint density at radius 2 is 1.76 bits per heavy atom. The van der Waals surface area contributed by atoms with E-state index in [9.17, 15) is 9.59 Å². The number of anilines is 3. The average Bonchev–Trinajstić information content (AvgIpc) is 3.01. The molecule has 0 unspecified atom stereocenters. The van der Waals surface area contributed by atoms with E-state index < -0.39 is 0 Å². The van der Waals surface area contributed by atoms with Gasteiger partial charge in [-0.05, 0) is 24.5 Å². The minimum Gasteiger partial charge on any atom is -0.495 e. The summed E-state index contributed by atoms with van der Waals surface area (Å²) >= 11 is 13.4. The number of urea groups is 1. The predicted molar refractivity (Wildman–Crippen MR) is 164 cm³/mol. The fourth-order valence-corrected chi connectivity index (χ4v) is 6.07. The minimum absolute atomic E-state index is 0.0686. The number of carbonyl (C=O) groups excluding carboxylic acids is 2. The molecule has 2 aliphatic rings. The Hall–Kier alpha value is -4.02. The maximum Gasteiger partial charge on any atom is 0.330 e. The van der Waals surface area contributed by atoms with Crippen LogP contribution in [0.2, 0.25) is 10.0 Å². The van der Waals surface area contributed by atoms with E-state index in [0.717, 1.165) is 31.2 Å². The van der Waals surface area contributed by atoms with Gasteiger partial charge < -0.3 is 20.1 Å². The first-order chi connectivity index (χ1) is 20.3. The molecule has 12 heteroatoms. The van der Waals surface area contributed by atoms with Crippen LogP contribution in [0, 0.1) is 0 Å². The van der Waals surface area contributed by atoms with Crippen molar-refractivity contribution in [3.05, 3.63) is 76.4 Å². The molecular formula is C30H32Cl2N6O4. The zero-order chi connectivity index (χ0) is 29.8. The van der Waals surface area contributed by atoms with Crippen LogP contribution in [0.25, 0.3) is 0 Å². The number of benzene rings is 2. The van der Waals surface area contributed by atoms with Gasteiger partial charge >= 0.3 is 6.03 Å². The number of rotatable bonds is 9. The summed E-state index contributed by atoms with van der Waals surface area (Å²) in [6, 6.07) is 10.7. The van der Waals surface area contributed by atoms with Gasteiger partial charge in [-0.25, -0.2) is 9.78 Å². The lowest BCUT2D eigenvalue weighted by molar-refractivity contribution is -0.117. The van der Waals surface area contributed by atoms with E-state index in [0.29, 0.717) is 28.8 Å². The average molecular weight is 612 g/mol. The molecule has 3 amide bonds. The predicted octanol–water partition coefficient (Wildman–Crippen LogP) is 5.97. The number of methoxy groups -OCH3 is 2. The van der Waals surface area contributed by atoms with Crippen LogP contribution in [0.5, 0.6) is 11.5 Å². The fraction of sp³-hybridized carbons (Fsp3) is 0.333. The van der Waals surface area contributed by atoms with Gasteiger partial charge in [0.25, 0.3) is 0 Å². The Kier molecular flexibility index (Phi) is 9.03. The smallest absolute Gasteiger partial charge is 0.330 e. The van der Waals surface area contributed by atoms with Crippen molar-refractivity contribution >= 4 is 52.6 Å². The Bertz CT molecular complexity index is 1460. The normalized spacial score (nSPS) is 18.2. The quantitative estimate of drug-likeness (QED) is 0.287. The van der Waals surface area contributed by atoms with Crippen molar-refractivity contribution in [3.63, 3.8) is 0 Å². The summed E-state index contributed by atoms with van der Waals surface area (Å²) in [7, 11) is 2.96. The summed E-state index contributed by atoms with van der Waals surface area (Å²) in [6.45, 7) is 3.93. The van der Waals surface area contributed by atoms with Crippen LogP contribution in [0.1, 0.15) is 36.8 Å². The zero-order valence-electron chi connectivity index (χ0n) is 23.4. The van der Waals surface area contributed by atoms with Gasteiger partial charge in [0.1, 0.15) is 27.4 Å². The van der Waals surface area contributed by atoms with Gasteiger partial charge in [-0.15, -0.1) is 0 Å². The van der Waals surface area contributed by atoms with Crippen molar-refractivity contribution in [3.8, 4) is 11.5 Å². The van der Waals surface area contributed by atoms with Gasteiger partial charge in [0, 0.05) is 29.9 Å². The molecule has 1 saturated carbocycles. The molecule has 0 bridgehead atoms. The number of hydrogen-bond acceptors (Lipinski definition) is 7.